The van der Waals surface area contributed by atoms with Crippen molar-refractivity contribution >= 4 is 16.8 Å². The van der Waals surface area contributed by atoms with Crippen LogP contribution in [0, 0.1) is 0 Å². The molecule has 1 amide bonds. The van der Waals surface area contributed by atoms with Crippen molar-refractivity contribution in [2.45, 2.75) is 25.6 Å². The predicted molar refractivity (Wildman–Crippen MR) is 101 cm³/mol. The molecule has 5 nitrogen and oxygen atoms in total. The summed E-state index contributed by atoms with van der Waals surface area (Å²) in [6.45, 7) is 1.97. The third-order valence-corrected chi connectivity index (χ3v) is 5.01. The first-order valence-corrected chi connectivity index (χ1v) is 9.05. The maximum Gasteiger partial charge on any atom is 0.254 e. The van der Waals surface area contributed by atoms with E-state index in [1.807, 2.05) is 59.2 Å². The fourth-order valence-electron chi connectivity index (χ4n) is 3.53. The molecule has 1 aliphatic rings. The lowest BCUT2D eigenvalue weighted by molar-refractivity contribution is -0.00680. The van der Waals surface area contributed by atoms with Gasteiger partial charge in [-0.25, -0.2) is 0 Å². The number of rotatable bonds is 4. The number of nitrogens with zero attached hydrogens (tertiary/aromatic N) is 3. The molecular formula is C21H23N3O2. The number of carbonyl (C=O) groups excluding carboxylic acids is 1. The first-order valence-electron chi connectivity index (χ1n) is 9.05. The van der Waals surface area contributed by atoms with Crippen LogP contribution in [0.1, 0.15) is 28.8 Å². The number of aromatic nitrogens is 2. The number of carbonyl (C=O) groups is 1. The van der Waals surface area contributed by atoms with Crippen molar-refractivity contribution in [1.29, 1.82) is 0 Å². The molecule has 1 saturated heterocycles. The maximum atomic E-state index is 12.9. The highest BCUT2D eigenvalue weighted by Crippen LogP contribution is 2.21. The van der Waals surface area contributed by atoms with Gasteiger partial charge in [0.2, 0.25) is 0 Å². The number of pyridine rings is 1. The molecule has 26 heavy (non-hydrogen) atoms. The Hall–Kier alpha value is -2.66. The monoisotopic (exact) mass is 349 g/mol. The first kappa shape index (κ1) is 16.8. The number of hydrogen-bond acceptors (Lipinski definition) is 3. The van der Waals surface area contributed by atoms with E-state index in [4.69, 9.17) is 4.74 Å². The van der Waals surface area contributed by atoms with Gasteiger partial charge in [-0.2, -0.15) is 0 Å². The average Bonchev–Trinajstić information content (AvgIpc) is 3.07. The summed E-state index contributed by atoms with van der Waals surface area (Å²) in [5, 5.41) is 1.15. The second kappa shape index (κ2) is 7.30. The predicted octanol–water partition coefficient (Wildman–Crippen LogP) is 3.39. The highest BCUT2D eigenvalue weighted by atomic mass is 16.5. The Morgan fingerprint density at radius 2 is 2.23 bits per heavy atom. The quantitative estimate of drug-likeness (QED) is 0.725. The van der Waals surface area contributed by atoms with Crippen molar-refractivity contribution in [3.63, 3.8) is 0 Å². The van der Waals surface area contributed by atoms with Crippen LogP contribution in [0.15, 0.2) is 55.0 Å². The molecule has 3 aromatic rings. The van der Waals surface area contributed by atoms with Crippen LogP contribution in [0.2, 0.25) is 0 Å². The van der Waals surface area contributed by atoms with Crippen molar-refractivity contribution in [1.82, 2.24) is 14.5 Å². The second-order valence-electron chi connectivity index (χ2n) is 6.89. The molecule has 1 atom stereocenters. The van der Waals surface area contributed by atoms with Gasteiger partial charge in [0.1, 0.15) is 0 Å². The van der Waals surface area contributed by atoms with Gasteiger partial charge in [0.15, 0.2) is 0 Å². The van der Waals surface area contributed by atoms with E-state index in [1.54, 1.807) is 6.20 Å². The fourth-order valence-corrected chi connectivity index (χ4v) is 3.53. The number of aryl methyl sites for hydroxylation is 1. The third-order valence-electron chi connectivity index (χ3n) is 5.01. The molecule has 1 fully saturated rings. The molecule has 0 N–H and O–H groups in total. The van der Waals surface area contributed by atoms with E-state index in [-0.39, 0.29) is 12.0 Å². The SMILES string of the molecule is Cn1ccc2ccc(C(=O)N3CCC[C@@H](OCc4cccnc4)C3)cc21. The van der Waals surface area contributed by atoms with Gasteiger partial charge in [0, 0.05) is 49.8 Å². The molecule has 0 radical (unpaired) electrons. The zero-order valence-corrected chi connectivity index (χ0v) is 15.0. The molecule has 134 valence electrons. The Bertz CT molecular complexity index is 904. The van der Waals surface area contributed by atoms with Crippen LogP contribution in [0.3, 0.4) is 0 Å². The molecular weight excluding hydrogens is 326 g/mol. The molecule has 1 aromatic carbocycles. The average molecular weight is 349 g/mol. The Morgan fingerprint density at radius 3 is 3.08 bits per heavy atom. The van der Waals surface area contributed by atoms with Crippen molar-refractivity contribution in [3.05, 3.63) is 66.1 Å². The van der Waals surface area contributed by atoms with Gasteiger partial charge in [-0.1, -0.05) is 12.1 Å². The minimum absolute atomic E-state index is 0.0756. The van der Waals surface area contributed by atoms with E-state index >= 15 is 0 Å². The number of ether oxygens (including phenoxy) is 1. The number of amides is 1. The van der Waals surface area contributed by atoms with E-state index in [1.165, 1.54) is 0 Å². The van der Waals surface area contributed by atoms with E-state index < -0.39 is 0 Å². The van der Waals surface area contributed by atoms with Gasteiger partial charge in [0.25, 0.3) is 5.91 Å². The highest BCUT2D eigenvalue weighted by molar-refractivity contribution is 5.98. The number of benzene rings is 1. The van der Waals surface area contributed by atoms with Gasteiger partial charge in [-0.15, -0.1) is 0 Å². The molecule has 0 bridgehead atoms. The summed E-state index contributed by atoms with van der Waals surface area (Å²) >= 11 is 0. The third kappa shape index (κ3) is 3.48. The molecule has 0 saturated carbocycles. The summed E-state index contributed by atoms with van der Waals surface area (Å²) in [4.78, 5) is 19.0. The second-order valence-corrected chi connectivity index (χ2v) is 6.89. The standard InChI is InChI=1S/C21H23N3O2/c1-23-11-8-17-6-7-18(12-20(17)23)21(25)24-10-3-5-19(14-24)26-15-16-4-2-9-22-13-16/h2,4,6-9,11-13,19H,3,5,10,14-15H2,1H3/t19-/m1/s1. The van der Waals surface area contributed by atoms with Crippen LogP contribution >= 0.6 is 0 Å². The molecule has 5 heteroatoms. The number of piperidine rings is 1. The summed E-state index contributed by atoms with van der Waals surface area (Å²) in [6, 6.07) is 11.9. The zero-order valence-electron chi connectivity index (χ0n) is 15.0. The zero-order chi connectivity index (χ0) is 17.9. The lowest BCUT2D eigenvalue weighted by Gasteiger charge is -2.32. The van der Waals surface area contributed by atoms with Crippen LogP contribution in [0.4, 0.5) is 0 Å². The van der Waals surface area contributed by atoms with Crippen molar-refractivity contribution in [3.8, 4) is 0 Å². The smallest absolute Gasteiger partial charge is 0.254 e. The fraction of sp³-hybridized carbons (Fsp3) is 0.333. The number of fused-ring (bicyclic) bond motifs is 1. The van der Waals surface area contributed by atoms with Gasteiger partial charge in [-0.3, -0.25) is 9.78 Å². The molecule has 0 spiro atoms. The Morgan fingerprint density at radius 1 is 1.31 bits per heavy atom. The summed E-state index contributed by atoms with van der Waals surface area (Å²) in [5.74, 6) is 0.0859. The largest absolute Gasteiger partial charge is 0.372 e. The Balaban J connectivity index is 1.42. The summed E-state index contributed by atoms with van der Waals surface area (Å²) in [5.41, 5.74) is 2.88. The van der Waals surface area contributed by atoms with Gasteiger partial charge >= 0.3 is 0 Å². The highest BCUT2D eigenvalue weighted by Gasteiger charge is 2.25. The lowest BCUT2D eigenvalue weighted by atomic mass is 10.1. The molecule has 4 rings (SSSR count). The Labute approximate surface area is 153 Å². The number of likely N-dealkylation sites (tertiary alicyclic amines) is 1. The van der Waals surface area contributed by atoms with Gasteiger partial charge in [-0.05, 0) is 48.1 Å². The number of hydrogen-bond donors (Lipinski definition) is 0. The molecule has 1 aliphatic heterocycles. The minimum Gasteiger partial charge on any atom is -0.372 e. The van der Waals surface area contributed by atoms with E-state index in [0.29, 0.717) is 13.2 Å². The van der Waals surface area contributed by atoms with Crippen LogP contribution in [-0.2, 0) is 18.4 Å². The van der Waals surface area contributed by atoms with E-state index in [2.05, 4.69) is 11.1 Å². The maximum absolute atomic E-state index is 12.9. The van der Waals surface area contributed by atoms with Gasteiger partial charge in [0.05, 0.1) is 12.7 Å². The van der Waals surface area contributed by atoms with E-state index in [9.17, 15) is 4.79 Å². The van der Waals surface area contributed by atoms with Crippen LogP contribution in [-0.4, -0.2) is 39.6 Å². The van der Waals surface area contributed by atoms with Crippen molar-refractivity contribution < 1.29 is 9.53 Å². The van der Waals surface area contributed by atoms with Crippen LogP contribution in [0.5, 0.6) is 0 Å². The molecule has 0 aliphatic carbocycles. The molecule has 3 heterocycles. The molecule has 2 aromatic heterocycles. The topological polar surface area (TPSA) is 47.4 Å². The van der Waals surface area contributed by atoms with Crippen molar-refractivity contribution in [2.24, 2.45) is 7.05 Å². The normalized spacial score (nSPS) is 17.6. The van der Waals surface area contributed by atoms with Gasteiger partial charge < -0.3 is 14.2 Å². The summed E-state index contributed by atoms with van der Waals surface area (Å²) in [7, 11) is 2.00. The summed E-state index contributed by atoms with van der Waals surface area (Å²) < 4.78 is 8.07. The minimum atomic E-state index is 0.0756. The van der Waals surface area contributed by atoms with Crippen LogP contribution < -0.4 is 0 Å². The van der Waals surface area contributed by atoms with Crippen LogP contribution in [0.25, 0.3) is 10.9 Å². The Kier molecular flexibility index (Phi) is 4.71. The summed E-state index contributed by atoms with van der Waals surface area (Å²) in [6.07, 6.45) is 7.62. The van der Waals surface area contributed by atoms with E-state index in [0.717, 1.165) is 41.4 Å². The molecule has 0 unspecified atom stereocenters. The lowest BCUT2D eigenvalue weighted by Crippen LogP contribution is -2.43. The first-order chi connectivity index (χ1) is 12.7. The van der Waals surface area contributed by atoms with Crippen molar-refractivity contribution in [2.75, 3.05) is 13.1 Å².